The second-order valence-corrected chi connectivity index (χ2v) is 5.93. The summed E-state index contributed by atoms with van der Waals surface area (Å²) in [7, 11) is 5.08. The van der Waals surface area contributed by atoms with E-state index < -0.39 is 0 Å². The highest BCUT2D eigenvalue weighted by Gasteiger charge is 2.17. The number of hydrogen-bond acceptors (Lipinski definition) is 4. The fourth-order valence-corrected chi connectivity index (χ4v) is 2.85. The quantitative estimate of drug-likeness (QED) is 0.689. The average Bonchev–Trinajstić information content (AvgIpc) is 2.73. The first kappa shape index (κ1) is 18.3. The van der Waals surface area contributed by atoms with Crippen LogP contribution in [0.5, 0.6) is 11.5 Å². The van der Waals surface area contributed by atoms with Crippen molar-refractivity contribution in [2.24, 2.45) is 0 Å². The molecule has 0 bridgehead atoms. The van der Waals surface area contributed by atoms with Gasteiger partial charge in [-0.25, -0.2) is 0 Å². The number of rotatable bonds is 6. The molecule has 0 aliphatic rings. The van der Waals surface area contributed by atoms with Gasteiger partial charge in [0, 0.05) is 18.8 Å². The Hall–Kier alpha value is -3.47. The summed E-state index contributed by atoms with van der Waals surface area (Å²) in [5.74, 6) is 0.985. The highest BCUT2D eigenvalue weighted by Crippen LogP contribution is 2.31. The summed E-state index contributed by atoms with van der Waals surface area (Å²) < 4.78 is 10.6. The lowest BCUT2D eigenvalue weighted by atomic mass is 10.1. The van der Waals surface area contributed by atoms with Crippen molar-refractivity contribution in [2.45, 2.75) is 0 Å². The van der Waals surface area contributed by atoms with Crippen molar-refractivity contribution in [1.82, 2.24) is 0 Å². The summed E-state index contributed by atoms with van der Waals surface area (Å²) in [6.07, 6.45) is 0. The maximum absolute atomic E-state index is 13.0. The van der Waals surface area contributed by atoms with E-state index >= 15 is 0 Å². The fraction of sp³-hybridized carbons (Fsp3) is 0.136. The zero-order valence-corrected chi connectivity index (χ0v) is 15.6. The van der Waals surface area contributed by atoms with Gasteiger partial charge in [-0.15, -0.1) is 0 Å². The Bertz CT molecular complexity index is 926. The van der Waals surface area contributed by atoms with Gasteiger partial charge in [0.2, 0.25) is 0 Å². The first-order valence-corrected chi connectivity index (χ1v) is 8.55. The number of amides is 1. The third-order valence-corrected chi connectivity index (χ3v) is 4.31. The largest absolute Gasteiger partial charge is 0.497 e. The fourth-order valence-electron chi connectivity index (χ4n) is 2.85. The Kier molecular flexibility index (Phi) is 5.61. The Morgan fingerprint density at radius 2 is 1.59 bits per heavy atom. The van der Waals surface area contributed by atoms with Gasteiger partial charge in [-0.2, -0.15) is 0 Å². The third-order valence-electron chi connectivity index (χ3n) is 4.31. The van der Waals surface area contributed by atoms with Gasteiger partial charge >= 0.3 is 0 Å². The lowest BCUT2D eigenvalue weighted by molar-refractivity contribution is 0.102. The Balaban J connectivity index is 1.93. The predicted octanol–water partition coefficient (Wildman–Crippen LogP) is 4.72. The second kappa shape index (κ2) is 8.27. The molecule has 0 unspecified atom stereocenters. The van der Waals surface area contributed by atoms with E-state index in [9.17, 15) is 4.79 Å². The molecule has 0 aliphatic heterocycles. The molecule has 1 N–H and O–H groups in total. The molecular formula is C22H22N2O3. The molecule has 3 aromatic carbocycles. The van der Waals surface area contributed by atoms with Crippen molar-refractivity contribution in [3.05, 3.63) is 78.4 Å². The van der Waals surface area contributed by atoms with Crippen LogP contribution in [0.2, 0.25) is 0 Å². The number of ether oxygens (including phenoxy) is 2. The van der Waals surface area contributed by atoms with Crippen LogP contribution in [0.15, 0.2) is 72.8 Å². The van der Waals surface area contributed by atoms with Crippen molar-refractivity contribution >= 4 is 23.0 Å². The molecule has 0 fully saturated rings. The summed E-state index contributed by atoms with van der Waals surface area (Å²) in [4.78, 5) is 15.0. The zero-order valence-electron chi connectivity index (χ0n) is 15.6. The van der Waals surface area contributed by atoms with Gasteiger partial charge < -0.3 is 19.7 Å². The maximum Gasteiger partial charge on any atom is 0.257 e. The van der Waals surface area contributed by atoms with Gasteiger partial charge in [0.05, 0.1) is 31.2 Å². The minimum Gasteiger partial charge on any atom is -0.497 e. The Labute approximate surface area is 159 Å². The van der Waals surface area contributed by atoms with Crippen LogP contribution in [0.3, 0.4) is 0 Å². The van der Waals surface area contributed by atoms with Crippen LogP contribution in [-0.2, 0) is 0 Å². The highest BCUT2D eigenvalue weighted by molar-refractivity contribution is 6.09. The smallest absolute Gasteiger partial charge is 0.257 e. The molecule has 3 rings (SSSR count). The minimum atomic E-state index is -0.222. The number of carbonyl (C=O) groups excluding carboxylic acids is 1. The molecule has 0 aromatic heterocycles. The molecular weight excluding hydrogens is 340 g/mol. The van der Waals surface area contributed by atoms with E-state index in [0.29, 0.717) is 22.7 Å². The summed E-state index contributed by atoms with van der Waals surface area (Å²) in [6, 6.07) is 22.7. The molecule has 0 saturated carbocycles. The third kappa shape index (κ3) is 4.03. The molecule has 0 radical (unpaired) electrons. The summed E-state index contributed by atoms with van der Waals surface area (Å²) in [6.45, 7) is 0. The number of hydrogen-bond donors (Lipinski definition) is 1. The SMILES string of the molecule is COc1ccc(OC)c(NC(=O)c2ccccc2N(C)c2ccccc2)c1. The van der Waals surface area contributed by atoms with Gasteiger partial charge in [0.1, 0.15) is 11.5 Å². The number of para-hydroxylation sites is 2. The molecule has 0 heterocycles. The second-order valence-electron chi connectivity index (χ2n) is 5.93. The molecule has 3 aromatic rings. The number of carbonyl (C=O) groups is 1. The average molecular weight is 362 g/mol. The van der Waals surface area contributed by atoms with Gasteiger partial charge in [-0.05, 0) is 36.4 Å². The van der Waals surface area contributed by atoms with Gasteiger partial charge in [-0.1, -0.05) is 30.3 Å². The van der Waals surface area contributed by atoms with Crippen LogP contribution in [0.25, 0.3) is 0 Å². The van der Waals surface area contributed by atoms with E-state index in [-0.39, 0.29) is 5.91 Å². The summed E-state index contributed by atoms with van der Waals surface area (Å²) in [5, 5.41) is 2.93. The van der Waals surface area contributed by atoms with Crippen LogP contribution < -0.4 is 19.7 Å². The molecule has 138 valence electrons. The summed E-state index contributed by atoms with van der Waals surface area (Å²) >= 11 is 0. The topological polar surface area (TPSA) is 50.8 Å². The van der Waals surface area contributed by atoms with Gasteiger partial charge in [0.15, 0.2) is 0 Å². The molecule has 0 spiro atoms. The highest BCUT2D eigenvalue weighted by atomic mass is 16.5. The van der Waals surface area contributed by atoms with E-state index in [1.54, 1.807) is 38.5 Å². The van der Waals surface area contributed by atoms with Gasteiger partial charge in [0.25, 0.3) is 5.91 Å². The molecule has 0 saturated heterocycles. The number of methoxy groups -OCH3 is 2. The van der Waals surface area contributed by atoms with E-state index in [2.05, 4.69) is 5.32 Å². The number of nitrogens with zero attached hydrogens (tertiary/aromatic N) is 1. The monoisotopic (exact) mass is 362 g/mol. The van der Waals surface area contributed by atoms with Crippen molar-refractivity contribution < 1.29 is 14.3 Å². The Morgan fingerprint density at radius 1 is 0.889 bits per heavy atom. The zero-order chi connectivity index (χ0) is 19.2. The van der Waals surface area contributed by atoms with Crippen molar-refractivity contribution in [3.63, 3.8) is 0 Å². The van der Waals surface area contributed by atoms with E-state index in [1.165, 1.54) is 0 Å². The predicted molar refractivity (Wildman–Crippen MR) is 108 cm³/mol. The standard InChI is InChI=1S/C22H22N2O3/c1-24(16-9-5-4-6-10-16)20-12-8-7-11-18(20)22(25)23-19-15-17(26-2)13-14-21(19)27-3/h4-15H,1-3H3,(H,23,25). The van der Waals surface area contributed by atoms with Crippen LogP contribution in [0.4, 0.5) is 17.1 Å². The lowest BCUT2D eigenvalue weighted by Gasteiger charge is -2.22. The molecule has 1 amide bonds. The summed E-state index contributed by atoms with van der Waals surface area (Å²) in [5.41, 5.74) is 2.92. The van der Waals surface area contributed by atoms with Crippen molar-refractivity contribution in [1.29, 1.82) is 0 Å². The maximum atomic E-state index is 13.0. The Morgan fingerprint density at radius 3 is 2.30 bits per heavy atom. The van der Waals surface area contributed by atoms with Crippen LogP contribution >= 0.6 is 0 Å². The van der Waals surface area contributed by atoms with Gasteiger partial charge in [-0.3, -0.25) is 4.79 Å². The number of benzene rings is 3. The van der Waals surface area contributed by atoms with Crippen LogP contribution in [-0.4, -0.2) is 27.2 Å². The first-order chi connectivity index (χ1) is 13.1. The molecule has 5 nitrogen and oxygen atoms in total. The lowest BCUT2D eigenvalue weighted by Crippen LogP contribution is -2.18. The number of anilines is 3. The minimum absolute atomic E-state index is 0.222. The normalized spacial score (nSPS) is 10.2. The molecule has 27 heavy (non-hydrogen) atoms. The molecule has 0 atom stereocenters. The van der Waals surface area contributed by atoms with Crippen molar-refractivity contribution in [2.75, 3.05) is 31.5 Å². The van der Waals surface area contributed by atoms with Crippen LogP contribution in [0, 0.1) is 0 Å². The van der Waals surface area contributed by atoms with Crippen LogP contribution in [0.1, 0.15) is 10.4 Å². The van der Waals surface area contributed by atoms with E-state index in [0.717, 1.165) is 11.4 Å². The molecule has 5 heteroatoms. The van der Waals surface area contributed by atoms with E-state index in [1.807, 2.05) is 60.5 Å². The van der Waals surface area contributed by atoms with E-state index in [4.69, 9.17) is 9.47 Å². The molecule has 0 aliphatic carbocycles. The van der Waals surface area contributed by atoms with Crippen molar-refractivity contribution in [3.8, 4) is 11.5 Å². The number of nitrogens with one attached hydrogen (secondary N) is 1. The first-order valence-electron chi connectivity index (χ1n) is 8.55.